The zero-order valence-electron chi connectivity index (χ0n) is 15.2. The van der Waals surface area contributed by atoms with Gasteiger partial charge in [-0.25, -0.2) is 0 Å². The van der Waals surface area contributed by atoms with Crippen molar-refractivity contribution < 1.29 is 0 Å². The molecule has 1 aliphatic heterocycles. The zero-order valence-corrected chi connectivity index (χ0v) is 15.2. The molecule has 3 heteroatoms. The first-order valence-electron chi connectivity index (χ1n) is 8.97. The van der Waals surface area contributed by atoms with Crippen LogP contribution >= 0.6 is 0 Å². The summed E-state index contributed by atoms with van der Waals surface area (Å²) in [6, 6.07) is 15.9. The van der Waals surface area contributed by atoms with E-state index in [4.69, 9.17) is 0 Å². The predicted molar refractivity (Wildman–Crippen MR) is 104 cm³/mol. The van der Waals surface area contributed by atoms with Crippen molar-refractivity contribution in [3.05, 3.63) is 71.5 Å². The molecule has 1 N–H and O–H groups in total. The lowest BCUT2D eigenvalue weighted by atomic mass is 9.87. The molecule has 3 nitrogen and oxygen atoms in total. The highest BCUT2D eigenvalue weighted by molar-refractivity contribution is 5.69. The average Bonchev–Trinajstić information content (AvgIpc) is 3.24. The van der Waals surface area contributed by atoms with Gasteiger partial charge in [0.15, 0.2) is 0 Å². The molecule has 3 aromatic rings. The van der Waals surface area contributed by atoms with Gasteiger partial charge in [0.05, 0.1) is 6.20 Å². The van der Waals surface area contributed by atoms with E-state index in [2.05, 4.69) is 78.3 Å². The van der Waals surface area contributed by atoms with E-state index < -0.39 is 0 Å². The molecule has 25 heavy (non-hydrogen) atoms. The summed E-state index contributed by atoms with van der Waals surface area (Å²) in [5, 5.41) is 6.94. The van der Waals surface area contributed by atoms with Gasteiger partial charge in [-0.3, -0.25) is 5.10 Å². The molecule has 0 saturated carbocycles. The molecule has 0 unspecified atom stereocenters. The number of benzene rings is 2. The Hall–Kier alpha value is -2.55. The number of nitrogens with one attached hydrogen (secondary N) is 1. The van der Waals surface area contributed by atoms with Gasteiger partial charge in [-0.2, -0.15) is 5.10 Å². The number of hydrogen-bond acceptors (Lipinski definition) is 2. The molecule has 128 valence electrons. The van der Waals surface area contributed by atoms with Crippen molar-refractivity contribution in [2.75, 3.05) is 11.4 Å². The quantitative estimate of drug-likeness (QED) is 0.737. The zero-order chi connectivity index (χ0) is 17.4. The van der Waals surface area contributed by atoms with E-state index in [1.54, 1.807) is 0 Å². The van der Waals surface area contributed by atoms with Gasteiger partial charge in [-0.1, -0.05) is 51.1 Å². The fraction of sp³-hybridized carbons (Fsp3) is 0.318. The molecular formula is C22H25N3. The average molecular weight is 331 g/mol. The van der Waals surface area contributed by atoms with E-state index >= 15 is 0 Å². The van der Waals surface area contributed by atoms with Gasteiger partial charge in [0.1, 0.15) is 0 Å². The Bertz CT molecular complexity index is 855. The van der Waals surface area contributed by atoms with E-state index in [0.717, 1.165) is 25.1 Å². The summed E-state index contributed by atoms with van der Waals surface area (Å²) < 4.78 is 0. The van der Waals surface area contributed by atoms with Crippen LogP contribution in [-0.4, -0.2) is 16.7 Å². The molecule has 0 saturated heterocycles. The van der Waals surface area contributed by atoms with Crippen molar-refractivity contribution in [3.8, 4) is 11.1 Å². The Morgan fingerprint density at radius 2 is 1.84 bits per heavy atom. The van der Waals surface area contributed by atoms with E-state index in [1.165, 1.54) is 27.9 Å². The number of aromatic amines is 1. The number of H-pyrrole nitrogens is 1. The summed E-state index contributed by atoms with van der Waals surface area (Å²) in [6.07, 6.45) is 4.94. The molecule has 0 fully saturated rings. The van der Waals surface area contributed by atoms with Gasteiger partial charge in [-0.05, 0) is 46.2 Å². The second-order valence-corrected chi connectivity index (χ2v) is 7.95. The Kier molecular flexibility index (Phi) is 3.87. The maximum Gasteiger partial charge on any atom is 0.0565 e. The SMILES string of the molecule is CC(C)(C)c1ccc(CN2CCc3cc(-c4cn[nH]c4)ccc32)cc1. The fourth-order valence-electron chi connectivity index (χ4n) is 3.55. The minimum Gasteiger partial charge on any atom is -0.367 e. The molecule has 2 heterocycles. The van der Waals surface area contributed by atoms with Crippen LogP contribution in [0.3, 0.4) is 0 Å². The number of nitrogens with zero attached hydrogens (tertiary/aromatic N) is 2. The van der Waals surface area contributed by atoms with Gasteiger partial charge in [0.25, 0.3) is 0 Å². The number of hydrogen-bond donors (Lipinski definition) is 1. The van der Waals surface area contributed by atoms with Gasteiger partial charge < -0.3 is 4.90 Å². The van der Waals surface area contributed by atoms with Crippen LogP contribution in [0.5, 0.6) is 0 Å². The molecule has 0 bridgehead atoms. The first-order valence-corrected chi connectivity index (χ1v) is 8.97. The van der Waals surface area contributed by atoms with Crippen LogP contribution in [-0.2, 0) is 18.4 Å². The predicted octanol–water partition coefficient (Wildman–Crippen LogP) is 4.94. The van der Waals surface area contributed by atoms with Crippen molar-refractivity contribution in [1.82, 2.24) is 10.2 Å². The lowest BCUT2D eigenvalue weighted by Gasteiger charge is -2.22. The molecule has 1 aromatic heterocycles. The Morgan fingerprint density at radius 1 is 1.04 bits per heavy atom. The largest absolute Gasteiger partial charge is 0.367 e. The Balaban J connectivity index is 1.53. The first kappa shape index (κ1) is 15.9. The van der Waals surface area contributed by atoms with Crippen LogP contribution in [0.15, 0.2) is 54.9 Å². The molecule has 0 aliphatic carbocycles. The highest BCUT2D eigenvalue weighted by Gasteiger charge is 2.20. The van der Waals surface area contributed by atoms with Gasteiger partial charge in [-0.15, -0.1) is 0 Å². The third-order valence-electron chi connectivity index (χ3n) is 5.10. The summed E-state index contributed by atoms with van der Waals surface area (Å²) in [7, 11) is 0. The first-order chi connectivity index (χ1) is 12.0. The van der Waals surface area contributed by atoms with Gasteiger partial charge in [0.2, 0.25) is 0 Å². The Labute approximate surface area is 149 Å². The van der Waals surface area contributed by atoms with Crippen molar-refractivity contribution in [3.63, 3.8) is 0 Å². The van der Waals surface area contributed by atoms with Crippen LogP contribution in [0.1, 0.15) is 37.5 Å². The number of fused-ring (bicyclic) bond motifs is 1. The summed E-state index contributed by atoms with van der Waals surface area (Å²) >= 11 is 0. The molecule has 4 rings (SSSR count). The van der Waals surface area contributed by atoms with Gasteiger partial charge in [0, 0.05) is 30.5 Å². The number of anilines is 1. The summed E-state index contributed by atoms with van der Waals surface area (Å²) in [5.74, 6) is 0. The van der Waals surface area contributed by atoms with Crippen LogP contribution < -0.4 is 4.90 Å². The normalized spacial score (nSPS) is 14.0. The van der Waals surface area contributed by atoms with Crippen molar-refractivity contribution >= 4 is 5.69 Å². The highest BCUT2D eigenvalue weighted by Crippen LogP contribution is 2.33. The monoisotopic (exact) mass is 331 g/mol. The van der Waals surface area contributed by atoms with Crippen molar-refractivity contribution in [2.45, 2.75) is 39.2 Å². The summed E-state index contributed by atoms with van der Waals surface area (Å²) in [4.78, 5) is 2.49. The lowest BCUT2D eigenvalue weighted by Crippen LogP contribution is -2.19. The molecular weight excluding hydrogens is 306 g/mol. The van der Waals surface area contributed by atoms with E-state index in [1.807, 2.05) is 12.4 Å². The highest BCUT2D eigenvalue weighted by atomic mass is 15.1. The molecule has 0 atom stereocenters. The van der Waals surface area contributed by atoms with E-state index in [9.17, 15) is 0 Å². The van der Waals surface area contributed by atoms with Crippen LogP contribution in [0.4, 0.5) is 5.69 Å². The lowest BCUT2D eigenvalue weighted by molar-refractivity contribution is 0.590. The second-order valence-electron chi connectivity index (χ2n) is 7.95. The number of rotatable bonds is 3. The van der Waals surface area contributed by atoms with Crippen LogP contribution in [0.2, 0.25) is 0 Å². The molecule has 2 aromatic carbocycles. The molecule has 0 radical (unpaired) electrons. The minimum atomic E-state index is 0.211. The second kappa shape index (κ2) is 6.07. The maximum absolute atomic E-state index is 4.05. The summed E-state index contributed by atoms with van der Waals surface area (Å²) in [6.45, 7) is 8.84. The van der Waals surface area contributed by atoms with E-state index in [0.29, 0.717) is 0 Å². The molecule has 1 aliphatic rings. The minimum absolute atomic E-state index is 0.211. The van der Waals surface area contributed by atoms with Crippen molar-refractivity contribution in [2.24, 2.45) is 0 Å². The molecule has 0 amide bonds. The van der Waals surface area contributed by atoms with Crippen LogP contribution in [0, 0.1) is 0 Å². The third kappa shape index (κ3) is 3.19. The third-order valence-corrected chi connectivity index (χ3v) is 5.10. The maximum atomic E-state index is 4.05. The van der Waals surface area contributed by atoms with Gasteiger partial charge >= 0.3 is 0 Å². The summed E-state index contributed by atoms with van der Waals surface area (Å²) in [5.41, 5.74) is 8.17. The number of aromatic nitrogens is 2. The van der Waals surface area contributed by atoms with Crippen LogP contribution in [0.25, 0.3) is 11.1 Å². The fourth-order valence-corrected chi connectivity index (χ4v) is 3.55. The van der Waals surface area contributed by atoms with E-state index in [-0.39, 0.29) is 5.41 Å². The Morgan fingerprint density at radius 3 is 2.52 bits per heavy atom. The molecule has 0 spiro atoms. The topological polar surface area (TPSA) is 31.9 Å². The standard InChI is InChI=1S/C22H25N3/c1-22(2,3)20-7-4-16(5-8-20)15-25-11-10-18-12-17(6-9-21(18)25)19-13-23-24-14-19/h4-9,12-14H,10-11,15H2,1-3H3,(H,23,24). The van der Waals surface area contributed by atoms with Crippen molar-refractivity contribution in [1.29, 1.82) is 0 Å². The smallest absolute Gasteiger partial charge is 0.0565 e.